The molecule has 5 nitrogen and oxygen atoms in total. The molecule has 84 valence electrons. The Labute approximate surface area is 94.5 Å². The van der Waals surface area contributed by atoms with Gasteiger partial charge in [-0.25, -0.2) is 4.79 Å². The summed E-state index contributed by atoms with van der Waals surface area (Å²) >= 11 is 1.51. The van der Waals surface area contributed by atoms with Crippen LogP contribution in [0.15, 0.2) is 9.59 Å². The average molecular weight is 237 g/mol. The molecular formula is C10H11N3O2S. The van der Waals surface area contributed by atoms with Crippen molar-refractivity contribution >= 4 is 21.6 Å². The van der Waals surface area contributed by atoms with Gasteiger partial charge in [-0.3, -0.25) is 9.78 Å². The highest BCUT2D eigenvalue weighted by atomic mass is 32.1. The molecule has 2 heterocycles. The Bertz CT molecular complexity index is 680. The van der Waals surface area contributed by atoms with Crippen molar-refractivity contribution in [3.05, 3.63) is 31.3 Å². The van der Waals surface area contributed by atoms with Crippen LogP contribution in [-0.4, -0.2) is 9.66 Å². The quantitative estimate of drug-likeness (QED) is 0.648. The summed E-state index contributed by atoms with van der Waals surface area (Å²) in [6.45, 7) is 0. The van der Waals surface area contributed by atoms with Crippen molar-refractivity contribution in [2.75, 3.05) is 5.84 Å². The van der Waals surface area contributed by atoms with Crippen molar-refractivity contribution in [3.63, 3.8) is 0 Å². The number of thiophene rings is 1. The summed E-state index contributed by atoms with van der Waals surface area (Å²) in [6, 6.07) is 0. The normalized spacial score (nSPS) is 15.2. The largest absolute Gasteiger partial charge is 0.348 e. The van der Waals surface area contributed by atoms with E-state index in [9.17, 15) is 9.59 Å². The van der Waals surface area contributed by atoms with Gasteiger partial charge in [0.25, 0.3) is 5.56 Å². The highest BCUT2D eigenvalue weighted by molar-refractivity contribution is 7.18. The Hall–Kier alpha value is -1.56. The molecule has 0 fully saturated rings. The minimum Gasteiger partial charge on any atom is -0.332 e. The predicted octanol–water partition coefficient (Wildman–Crippen LogP) is 0.344. The molecule has 2 aromatic heterocycles. The number of nitrogens with two attached hydrogens (primary N) is 1. The molecule has 0 atom stereocenters. The van der Waals surface area contributed by atoms with Crippen LogP contribution in [0.25, 0.3) is 10.2 Å². The van der Waals surface area contributed by atoms with Gasteiger partial charge in [0.1, 0.15) is 4.83 Å². The molecular weight excluding hydrogens is 226 g/mol. The van der Waals surface area contributed by atoms with Crippen LogP contribution in [0.5, 0.6) is 0 Å². The van der Waals surface area contributed by atoms with Gasteiger partial charge < -0.3 is 5.84 Å². The molecule has 3 N–H and O–H groups in total. The zero-order valence-corrected chi connectivity index (χ0v) is 9.39. The molecule has 2 aromatic rings. The van der Waals surface area contributed by atoms with Gasteiger partial charge in [-0.05, 0) is 31.2 Å². The number of nitrogens with one attached hydrogen (secondary N) is 1. The molecule has 16 heavy (non-hydrogen) atoms. The highest BCUT2D eigenvalue weighted by Crippen LogP contribution is 2.32. The maximum absolute atomic E-state index is 11.9. The van der Waals surface area contributed by atoms with E-state index in [4.69, 9.17) is 5.84 Å². The average Bonchev–Trinajstić information content (AvgIpc) is 2.64. The molecule has 6 heteroatoms. The number of aromatic amines is 1. The maximum Gasteiger partial charge on any atom is 0.348 e. The van der Waals surface area contributed by atoms with Gasteiger partial charge in [0.15, 0.2) is 0 Å². The van der Waals surface area contributed by atoms with Crippen molar-refractivity contribution in [3.8, 4) is 0 Å². The Balaban J connectivity index is 2.50. The smallest absolute Gasteiger partial charge is 0.332 e. The third kappa shape index (κ3) is 1.16. The van der Waals surface area contributed by atoms with Crippen LogP contribution in [-0.2, 0) is 12.8 Å². The van der Waals surface area contributed by atoms with Gasteiger partial charge in [0, 0.05) is 4.88 Å². The Morgan fingerprint density at radius 2 is 2.00 bits per heavy atom. The number of aromatic nitrogens is 2. The summed E-state index contributed by atoms with van der Waals surface area (Å²) in [4.78, 5) is 27.8. The number of nitrogen functional groups attached to an aromatic ring is 1. The number of fused-ring (bicyclic) bond motifs is 3. The Morgan fingerprint density at radius 3 is 2.81 bits per heavy atom. The van der Waals surface area contributed by atoms with Crippen molar-refractivity contribution in [1.29, 1.82) is 0 Å². The van der Waals surface area contributed by atoms with Gasteiger partial charge in [0.2, 0.25) is 0 Å². The van der Waals surface area contributed by atoms with E-state index in [0.717, 1.165) is 31.2 Å². The minimum atomic E-state index is -0.545. The molecule has 0 bridgehead atoms. The lowest BCUT2D eigenvalue weighted by Gasteiger charge is -2.09. The first kappa shape index (κ1) is 9.65. The number of aryl methyl sites for hydroxylation is 2. The molecule has 3 rings (SSSR count). The third-order valence-corrected chi connectivity index (χ3v) is 4.25. The zero-order valence-electron chi connectivity index (χ0n) is 8.58. The van der Waals surface area contributed by atoms with E-state index in [-0.39, 0.29) is 5.56 Å². The number of nitrogens with zero attached hydrogens (tertiary/aromatic N) is 1. The maximum atomic E-state index is 11.9. The monoisotopic (exact) mass is 237 g/mol. The third-order valence-electron chi connectivity index (χ3n) is 3.04. The molecule has 0 amide bonds. The lowest BCUT2D eigenvalue weighted by atomic mass is 9.97. The molecule has 0 saturated carbocycles. The highest BCUT2D eigenvalue weighted by Gasteiger charge is 2.19. The Morgan fingerprint density at radius 1 is 1.25 bits per heavy atom. The van der Waals surface area contributed by atoms with E-state index < -0.39 is 5.69 Å². The molecule has 1 aliphatic carbocycles. The summed E-state index contributed by atoms with van der Waals surface area (Å²) in [5, 5.41) is 0.613. The van der Waals surface area contributed by atoms with Gasteiger partial charge in [-0.15, -0.1) is 11.3 Å². The van der Waals surface area contributed by atoms with Crippen molar-refractivity contribution in [2.45, 2.75) is 25.7 Å². The van der Waals surface area contributed by atoms with E-state index in [1.54, 1.807) is 0 Å². The van der Waals surface area contributed by atoms with Crippen LogP contribution < -0.4 is 17.1 Å². The lowest BCUT2D eigenvalue weighted by molar-refractivity contribution is 0.699. The van der Waals surface area contributed by atoms with Crippen LogP contribution in [0.4, 0.5) is 0 Å². The Kier molecular flexibility index (Phi) is 1.94. The SMILES string of the molecule is Nn1c(=O)[nH]c2sc3c(c2c1=O)CCCC3. The number of hydrogen-bond donors (Lipinski definition) is 2. The summed E-state index contributed by atoms with van der Waals surface area (Å²) < 4.78 is 0.657. The number of H-pyrrole nitrogens is 1. The van der Waals surface area contributed by atoms with Crippen LogP contribution in [0, 0.1) is 0 Å². The van der Waals surface area contributed by atoms with E-state index in [2.05, 4.69) is 4.98 Å². The van der Waals surface area contributed by atoms with E-state index in [1.807, 2.05) is 0 Å². The van der Waals surface area contributed by atoms with Crippen molar-refractivity contribution in [1.82, 2.24) is 9.66 Å². The summed E-state index contributed by atoms with van der Waals surface area (Å²) in [5.74, 6) is 5.41. The first-order valence-corrected chi connectivity index (χ1v) is 6.05. The second-order valence-corrected chi connectivity index (χ2v) is 5.13. The fourth-order valence-corrected chi connectivity index (χ4v) is 3.52. The first-order valence-electron chi connectivity index (χ1n) is 5.23. The topological polar surface area (TPSA) is 80.9 Å². The molecule has 0 spiro atoms. The van der Waals surface area contributed by atoms with Crippen LogP contribution in [0.1, 0.15) is 23.3 Å². The zero-order chi connectivity index (χ0) is 11.3. The molecule has 1 aliphatic rings. The van der Waals surface area contributed by atoms with Gasteiger partial charge in [-0.2, -0.15) is 4.68 Å². The van der Waals surface area contributed by atoms with Gasteiger partial charge in [-0.1, -0.05) is 0 Å². The minimum absolute atomic E-state index is 0.377. The van der Waals surface area contributed by atoms with Crippen molar-refractivity contribution in [2.24, 2.45) is 0 Å². The van der Waals surface area contributed by atoms with Crippen molar-refractivity contribution < 1.29 is 0 Å². The van der Waals surface area contributed by atoms with E-state index in [0.29, 0.717) is 14.9 Å². The molecule has 0 unspecified atom stereocenters. The van der Waals surface area contributed by atoms with Crippen LogP contribution >= 0.6 is 11.3 Å². The molecule has 0 radical (unpaired) electrons. The molecule has 0 saturated heterocycles. The standard InChI is InChI=1S/C10H11N3O2S/c11-13-9(14)7-5-3-1-2-4-6(5)16-8(7)12-10(13)15/h1-4,11H2,(H,12,15). The van der Waals surface area contributed by atoms with Crippen LogP contribution in [0.3, 0.4) is 0 Å². The summed E-state index contributed by atoms with van der Waals surface area (Å²) in [7, 11) is 0. The van der Waals surface area contributed by atoms with Gasteiger partial charge >= 0.3 is 5.69 Å². The second-order valence-electron chi connectivity index (χ2n) is 4.02. The van der Waals surface area contributed by atoms with Crippen LogP contribution in [0.2, 0.25) is 0 Å². The summed E-state index contributed by atoms with van der Waals surface area (Å²) in [5.41, 5.74) is 0.168. The summed E-state index contributed by atoms with van der Waals surface area (Å²) in [6.07, 6.45) is 4.17. The fraction of sp³-hybridized carbons (Fsp3) is 0.400. The fourth-order valence-electron chi connectivity index (χ4n) is 2.25. The first-order chi connectivity index (χ1) is 7.68. The molecule has 0 aromatic carbocycles. The van der Waals surface area contributed by atoms with E-state index >= 15 is 0 Å². The molecule has 0 aliphatic heterocycles. The number of hydrogen-bond acceptors (Lipinski definition) is 4. The predicted molar refractivity (Wildman–Crippen MR) is 63.5 cm³/mol. The van der Waals surface area contributed by atoms with E-state index in [1.165, 1.54) is 16.2 Å². The van der Waals surface area contributed by atoms with Gasteiger partial charge in [0.05, 0.1) is 5.39 Å². The number of rotatable bonds is 0. The lowest BCUT2D eigenvalue weighted by Crippen LogP contribution is -2.40. The second kappa shape index (κ2) is 3.21.